The van der Waals surface area contributed by atoms with E-state index in [1.165, 1.54) is 0 Å². The summed E-state index contributed by atoms with van der Waals surface area (Å²) in [5.74, 6) is -1.88. The van der Waals surface area contributed by atoms with Crippen LogP contribution in [0.25, 0.3) is 0 Å². The summed E-state index contributed by atoms with van der Waals surface area (Å²) in [5.41, 5.74) is -0.401. The normalized spacial score (nSPS) is 17.4. The number of rotatable bonds is 3. The SMILES string of the molecule is O=S(=O)(Nc1c(F)cc(F)cc1Cl)C1CCNCC1. The van der Waals surface area contributed by atoms with Crippen LogP contribution in [0, 0.1) is 11.6 Å². The number of benzene rings is 1. The summed E-state index contributed by atoms with van der Waals surface area (Å²) >= 11 is 5.66. The Bertz CT molecular complexity index is 551. The minimum atomic E-state index is -3.73. The molecule has 0 saturated carbocycles. The van der Waals surface area contributed by atoms with Crippen molar-refractivity contribution < 1.29 is 17.2 Å². The minimum absolute atomic E-state index is 0.296. The quantitative estimate of drug-likeness (QED) is 0.899. The van der Waals surface area contributed by atoms with Gasteiger partial charge in [-0.15, -0.1) is 0 Å². The second kappa shape index (κ2) is 5.60. The zero-order chi connectivity index (χ0) is 14.0. The molecular weight excluding hydrogens is 298 g/mol. The molecule has 0 radical (unpaired) electrons. The van der Waals surface area contributed by atoms with Crippen molar-refractivity contribution in [2.75, 3.05) is 17.8 Å². The first-order valence-corrected chi connectivity index (χ1v) is 7.69. The zero-order valence-corrected chi connectivity index (χ0v) is 11.5. The summed E-state index contributed by atoms with van der Waals surface area (Å²) in [6, 6.07) is 1.46. The summed E-state index contributed by atoms with van der Waals surface area (Å²) in [5, 5.41) is 2.14. The molecule has 0 spiro atoms. The molecule has 1 aromatic carbocycles. The van der Waals surface area contributed by atoms with Crippen molar-refractivity contribution >= 4 is 27.3 Å². The molecule has 106 valence electrons. The Kier molecular flexibility index (Phi) is 4.27. The number of hydrogen-bond donors (Lipinski definition) is 2. The summed E-state index contributed by atoms with van der Waals surface area (Å²) in [7, 11) is -3.73. The summed E-state index contributed by atoms with van der Waals surface area (Å²) in [4.78, 5) is 0. The first-order valence-electron chi connectivity index (χ1n) is 5.77. The average Bonchev–Trinajstić information content (AvgIpc) is 2.35. The fourth-order valence-corrected chi connectivity index (χ4v) is 3.78. The standard InChI is InChI=1S/C11H13ClF2N2O2S/c12-9-5-7(13)6-10(14)11(9)16-19(17,18)8-1-3-15-4-2-8/h5-6,8,15-16H,1-4H2. The Morgan fingerprint density at radius 1 is 1.26 bits per heavy atom. The van der Waals surface area contributed by atoms with Crippen LogP contribution in [0.2, 0.25) is 5.02 Å². The van der Waals surface area contributed by atoms with Crippen LogP contribution in [0.1, 0.15) is 12.8 Å². The van der Waals surface area contributed by atoms with E-state index in [0.717, 1.165) is 6.07 Å². The molecule has 1 aliphatic heterocycles. The van der Waals surface area contributed by atoms with E-state index in [1.807, 2.05) is 0 Å². The molecule has 0 bridgehead atoms. The number of halogens is 3. The molecule has 0 unspecified atom stereocenters. The topological polar surface area (TPSA) is 58.2 Å². The Morgan fingerprint density at radius 3 is 2.47 bits per heavy atom. The highest BCUT2D eigenvalue weighted by molar-refractivity contribution is 7.93. The van der Waals surface area contributed by atoms with Gasteiger partial charge in [0.15, 0.2) is 5.82 Å². The first kappa shape index (κ1) is 14.5. The maximum atomic E-state index is 13.5. The number of sulfonamides is 1. The maximum Gasteiger partial charge on any atom is 0.235 e. The summed E-state index contributed by atoms with van der Waals surface area (Å²) in [6.07, 6.45) is 0.880. The van der Waals surface area contributed by atoms with Crippen LogP contribution in [-0.4, -0.2) is 26.8 Å². The molecule has 1 aromatic rings. The van der Waals surface area contributed by atoms with Gasteiger partial charge in [-0.1, -0.05) is 11.6 Å². The number of piperidine rings is 1. The molecular formula is C11H13ClF2N2O2S. The molecule has 8 heteroatoms. The molecule has 4 nitrogen and oxygen atoms in total. The van der Waals surface area contributed by atoms with E-state index in [1.54, 1.807) is 0 Å². The van der Waals surface area contributed by atoms with Crippen molar-refractivity contribution in [2.45, 2.75) is 18.1 Å². The van der Waals surface area contributed by atoms with Gasteiger partial charge in [0.05, 0.1) is 10.3 Å². The third-order valence-corrected chi connectivity index (χ3v) is 5.11. The Labute approximate surface area is 115 Å². The van der Waals surface area contributed by atoms with E-state index in [0.29, 0.717) is 32.0 Å². The number of nitrogens with one attached hydrogen (secondary N) is 2. The Balaban J connectivity index is 2.25. The lowest BCUT2D eigenvalue weighted by Crippen LogP contribution is -2.38. The predicted octanol–water partition coefficient (Wildman–Crippen LogP) is 2.11. The molecule has 1 aliphatic rings. The zero-order valence-electron chi connectivity index (χ0n) is 9.92. The number of hydrogen-bond acceptors (Lipinski definition) is 3. The van der Waals surface area contributed by atoms with Crippen LogP contribution >= 0.6 is 11.6 Å². The van der Waals surface area contributed by atoms with Gasteiger partial charge >= 0.3 is 0 Å². The van der Waals surface area contributed by atoms with Gasteiger partial charge in [0.2, 0.25) is 10.0 Å². The van der Waals surface area contributed by atoms with Crippen molar-refractivity contribution in [1.82, 2.24) is 5.32 Å². The monoisotopic (exact) mass is 310 g/mol. The van der Waals surface area contributed by atoms with Crippen LogP contribution in [0.15, 0.2) is 12.1 Å². The van der Waals surface area contributed by atoms with Gasteiger partial charge in [-0.3, -0.25) is 4.72 Å². The van der Waals surface area contributed by atoms with E-state index < -0.39 is 32.6 Å². The molecule has 0 amide bonds. The largest absolute Gasteiger partial charge is 0.317 e. The highest BCUT2D eigenvalue weighted by atomic mass is 35.5. The average molecular weight is 311 g/mol. The minimum Gasteiger partial charge on any atom is -0.317 e. The number of anilines is 1. The lowest BCUT2D eigenvalue weighted by atomic mass is 10.2. The summed E-state index contributed by atoms with van der Waals surface area (Å²) < 4.78 is 52.7. The van der Waals surface area contributed by atoms with Gasteiger partial charge in [0, 0.05) is 6.07 Å². The fourth-order valence-electron chi connectivity index (χ4n) is 1.97. The van der Waals surface area contributed by atoms with E-state index >= 15 is 0 Å². The van der Waals surface area contributed by atoms with Crippen molar-refractivity contribution in [2.24, 2.45) is 0 Å². The highest BCUT2D eigenvalue weighted by Gasteiger charge is 2.28. The van der Waals surface area contributed by atoms with Crippen LogP contribution < -0.4 is 10.0 Å². The second-order valence-corrected chi connectivity index (χ2v) is 6.71. The van der Waals surface area contributed by atoms with Gasteiger partial charge in [-0.05, 0) is 32.0 Å². The van der Waals surface area contributed by atoms with Crippen LogP contribution in [0.4, 0.5) is 14.5 Å². The van der Waals surface area contributed by atoms with Gasteiger partial charge in [-0.2, -0.15) is 0 Å². The van der Waals surface area contributed by atoms with Gasteiger partial charge in [0.25, 0.3) is 0 Å². The molecule has 1 saturated heterocycles. The molecule has 2 N–H and O–H groups in total. The first-order chi connectivity index (χ1) is 8.90. The third-order valence-electron chi connectivity index (χ3n) is 2.98. The molecule has 1 heterocycles. The molecule has 1 fully saturated rings. The second-order valence-electron chi connectivity index (χ2n) is 4.34. The van der Waals surface area contributed by atoms with E-state index in [-0.39, 0.29) is 5.02 Å². The molecule has 19 heavy (non-hydrogen) atoms. The maximum absolute atomic E-state index is 13.5. The molecule has 2 rings (SSSR count). The highest BCUT2D eigenvalue weighted by Crippen LogP contribution is 2.28. The molecule has 0 aromatic heterocycles. The summed E-state index contributed by atoms with van der Waals surface area (Å²) in [6.45, 7) is 1.18. The van der Waals surface area contributed by atoms with Gasteiger partial charge in [-0.25, -0.2) is 17.2 Å². The van der Waals surface area contributed by atoms with Gasteiger partial charge in [0.1, 0.15) is 11.5 Å². The molecule has 0 atom stereocenters. The predicted molar refractivity (Wildman–Crippen MR) is 69.8 cm³/mol. The van der Waals surface area contributed by atoms with E-state index in [2.05, 4.69) is 10.0 Å². The lowest BCUT2D eigenvalue weighted by Gasteiger charge is -2.23. The Hall–Kier alpha value is -0.920. The molecule has 0 aliphatic carbocycles. The smallest absolute Gasteiger partial charge is 0.235 e. The van der Waals surface area contributed by atoms with E-state index in [9.17, 15) is 17.2 Å². The van der Waals surface area contributed by atoms with Crippen LogP contribution in [-0.2, 0) is 10.0 Å². The van der Waals surface area contributed by atoms with Crippen molar-refractivity contribution in [3.63, 3.8) is 0 Å². The Morgan fingerprint density at radius 2 is 1.89 bits per heavy atom. The fraction of sp³-hybridized carbons (Fsp3) is 0.455. The lowest BCUT2D eigenvalue weighted by molar-refractivity contribution is 0.498. The van der Waals surface area contributed by atoms with Crippen molar-refractivity contribution in [3.05, 3.63) is 28.8 Å². The van der Waals surface area contributed by atoms with Crippen molar-refractivity contribution in [3.8, 4) is 0 Å². The van der Waals surface area contributed by atoms with Crippen LogP contribution in [0.3, 0.4) is 0 Å². The van der Waals surface area contributed by atoms with Gasteiger partial charge < -0.3 is 5.32 Å². The van der Waals surface area contributed by atoms with Crippen LogP contribution in [0.5, 0.6) is 0 Å². The van der Waals surface area contributed by atoms with E-state index in [4.69, 9.17) is 11.6 Å². The van der Waals surface area contributed by atoms with Crippen molar-refractivity contribution in [1.29, 1.82) is 0 Å². The third kappa shape index (κ3) is 3.34.